The third-order valence-corrected chi connectivity index (χ3v) is 1.12. The number of nitrogens with two attached hydrogens (primary N) is 1. The number of hydrogen-bond acceptors (Lipinski definition) is 2. The van der Waals surface area contributed by atoms with Crippen LogP contribution in [0.25, 0.3) is 0 Å². The second kappa shape index (κ2) is 2.70. The third kappa shape index (κ3) is 4.48. The van der Waals surface area contributed by atoms with Crippen molar-refractivity contribution in [2.75, 3.05) is 0 Å². The molecule has 0 aliphatic heterocycles. The van der Waals surface area contributed by atoms with Gasteiger partial charge in [0.2, 0.25) is 0 Å². The summed E-state index contributed by atoms with van der Waals surface area (Å²) < 4.78 is 4.59. The Bertz CT molecular complexity index is 23.6. The molecule has 0 heterocycles. The summed E-state index contributed by atoms with van der Waals surface area (Å²) in [5, 5.41) is 0. The van der Waals surface area contributed by atoms with Crippen LogP contribution >= 0.6 is 0 Å². The van der Waals surface area contributed by atoms with E-state index in [-0.39, 0.29) is 6.23 Å². The number of rotatable bonds is 1. The fourth-order valence-corrected chi connectivity index (χ4v) is 0. The molecule has 0 aromatic heterocycles. The van der Waals surface area contributed by atoms with Crippen molar-refractivity contribution in [3.05, 3.63) is 0 Å². The Hall–Kier alpha value is 0.478. The van der Waals surface area contributed by atoms with Gasteiger partial charge < -0.3 is 0 Å². The van der Waals surface area contributed by atoms with Crippen LogP contribution in [-0.2, 0) is 3.73 Å². The minimum atomic E-state index is -0.0880. The van der Waals surface area contributed by atoms with E-state index in [9.17, 15) is 0 Å². The van der Waals surface area contributed by atoms with Gasteiger partial charge in [-0.05, 0) is 0 Å². The summed E-state index contributed by atoms with van der Waals surface area (Å²) in [5.41, 5.74) is 5.09. The third-order valence-electron chi connectivity index (χ3n) is 0.215. The van der Waals surface area contributed by atoms with E-state index in [1.165, 1.54) is 17.2 Å². The Balaban J connectivity index is 2.54. The molecule has 0 aliphatic carbocycles. The van der Waals surface area contributed by atoms with Crippen LogP contribution < -0.4 is 5.73 Å². The second-order valence-electron chi connectivity index (χ2n) is 0.841. The van der Waals surface area contributed by atoms with Crippen LogP contribution in [0.4, 0.5) is 0 Å². The first-order valence-electron chi connectivity index (χ1n) is 1.38. The van der Waals surface area contributed by atoms with Crippen LogP contribution in [0, 0.1) is 0 Å². The first kappa shape index (κ1) is 5.48. The van der Waals surface area contributed by atoms with Gasteiger partial charge in [-0.15, -0.1) is 0 Å². The molecule has 0 bridgehead atoms. The average Bonchev–Trinajstić information content (AvgIpc) is 1.38. The van der Waals surface area contributed by atoms with E-state index >= 15 is 0 Å². The van der Waals surface area contributed by atoms with Crippen LogP contribution in [0.15, 0.2) is 0 Å². The fraction of sp³-hybridized carbons (Fsp3) is 1.00. The van der Waals surface area contributed by atoms with Crippen molar-refractivity contribution in [1.82, 2.24) is 0 Å². The molecule has 0 saturated carbocycles. The Morgan fingerprint density at radius 2 is 2.20 bits per heavy atom. The molecule has 0 aromatic rings. The first-order chi connectivity index (χ1) is 2.27. The van der Waals surface area contributed by atoms with E-state index < -0.39 is 0 Å². The van der Waals surface area contributed by atoms with E-state index in [1.54, 1.807) is 6.92 Å². The van der Waals surface area contributed by atoms with Crippen LogP contribution in [0.5, 0.6) is 0 Å². The Kier molecular flexibility index (Phi) is 2.96. The van der Waals surface area contributed by atoms with Gasteiger partial charge >= 0.3 is 39.8 Å². The van der Waals surface area contributed by atoms with Gasteiger partial charge in [-0.25, -0.2) is 0 Å². The first-order valence-corrected chi connectivity index (χ1v) is 2.37. The van der Waals surface area contributed by atoms with Gasteiger partial charge in [0.15, 0.2) is 0 Å². The molecule has 0 radical (unpaired) electrons. The van der Waals surface area contributed by atoms with Crippen LogP contribution in [0.1, 0.15) is 6.92 Å². The molecule has 0 fully saturated rings. The molecule has 2 unspecified atom stereocenters. The van der Waals surface area contributed by atoms with Gasteiger partial charge in [-0.1, -0.05) is 0 Å². The topological polar surface area (TPSA) is 35.2 Å². The Labute approximate surface area is 40.5 Å². The molecule has 2 N–H and O–H groups in total. The molecule has 0 aliphatic rings. The normalized spacial score (nSPS) is 15.0. The average molecular weight is 137 g/mol. The molecular weight excluding hydrogens is 129 g/mol. The van der Waals surface area contributed by atoms with Crippen molar-refractivity contribution < 1.29 is 3.73 Å². The van der Waals surface area contributed by atoms with Crippen molar-refractivity contribution >= 4 is 17.2 Å². The van der Waals surface area contributed by atoms with Crippen LogP contribution in [0.3, 0.4) is 0 Å². The Morgan fingerprint density at radius 1 is 2.00 bits per heavy atom. The summed E-state index contributed by atoms with van der Waals surface area (Å²) in [7, 11) is 0. The predicted molar refractivity (Wildman–Crippen MR) is 23.3 cm³/mol. The second-order valence-corrected chi connectivity index (χ2v) is 1.41. The summed E-state index contributed by atoms with van der Waals surface area (Å²) >= 11 is 1.20. The van der Waals surface area contributed by atoms with Gasteiger partial charge in [0, 0.05) is 0 Å². The van der Waals surface area contributed by atoms with Gasteiger partial charge in [0.05, 0.1) is 0 Å². The standard InChI is InChI=1S/C2H8AsNO/c1-2(4)5-3/h2H,3-4H2,1H3. The maximum atomic E-state index is 5.09. The SMILES string of the molecule is CC(N)O[AsH2]. The molecule has 0 rings (SSSR count). The van der Waals surface area contributed by atoms with Crippen molar-refractivity contribution in [3.8, 4) is 0 Å². The van der Waals surface area contributed by atoms with Crippen LogP contribution in [-0.4, -0.2) is 23.4 Å². The van der Waals surface area contributed by atoms with Crippen molar-refractivity contribution in [1.29, 1.82) is 0 Å². The van der Waals surface area contributed by atoms with E-state index in [0.29, 0.717) is 0 Å². The van der Waals surface area contributed by atoms with E-state index in [0.717, 1.165) is 0 Å². The van der Waals surface area contributed by atoms with Crippen molar-refractivity contribution in [2.24, 2.45) is 5.73 Å². The van der Waals surface area contributed by atoms with E-state index in [4.69, 9.17) is 5.73 Å². The van der Waals surface area contributed by atoms with E-state index in [2.05, 4.69) is 3.73 Å². The zero-order valence-electron chi connectivity index (χ0n) is 3.14. The predicted octanol–water partition coefficient (Wildman–Crippen LogP) is -1.14. The summed E-state index contributed by atoms with van der Waals surface area (Å²) in [6.07, 6.45) is -0.0880. The monoisotopic (exact) mass is 137 g/mol. The zero-order chi connectivity index (χ0) is 4.28. The number of hydrogen-bond donors (Lipinski definition) is 1. The zero-order valence-corrected chi connectivity index (χ0v) is 5.56. The summed E-state index contributed by atoms with van der Waals surface area (Å²) in [6, 6.07) is 0. The quantitative estimate of drug-likeness (QED) is 0.366. The minimum absolute atomic E-state index is 0.0880. The van der Waals surface area contributed by atoms with E-state index in [1.807, 2.05) is 0 Å². The molecule has 0 saturated heterocycles. The summed E-state index contributed by atoms with van der Waals surface area (Å²) in [5.74, 6) is 0. The molecule has 0 aromatic carbocycles. The van der Waals surface area contributed by atoms with Crippen LogP contribution in [0.2, 0.25) is 0 Å². The van der Waals surface area contributed by atoms with Gasteiger partial charge in [-0.2, -0.15) is 0 Å². The van der Waals surface area contributed by atoms with Crippen molar-refractivity contribution in [3.63, 3.8) is 0 Å². The van der Waals surface area contributed by atoms with Gasteiger partial charge in [0.25, 0.3) is 0 Å². The molecule has 32 valence electrons. The Morgan fingerprint density at radius 3 is 2.20 bits per heavy atom. The summed E-state index contributed by atoms with van der Waals surface area (Å²) in [6.45, 7) is 1.79. The molecular formula is C2H8AsNO. The maximum absolute atomic E-state index is 5.09. The van der Waals surface area contributed by atoms with Gasteiger partial charge in [-0.3, -0.25) is 0 Å². The molecule has 3 heteroatoms. The molecule has 5 heavy (non-hydrogen) atoms. The molecule has 0 amide bonds. The molecule has 2 atom stereocenters. The fourth-order valence-electron chi connectivity index (χ4n) is 0. The molecule has 2 nitrogen and oxygen atoms in total. The molecule has 0 spiro atoms. The summed E-state index contributed by atoms with van der Waals surface area (Å²) in [4.78, 5) is 0. The van der Waals surface area contributed by atoms with Gasteiger partial charge in [0.1, 0.15) is 0 Å². The van der Waals surface area contributed by atoms with Crippen molar-refractivity contribution in [2.45, 2.75) is 13.2 Å².